The van der Waals surface area contributed by atoms with E-state index in [9.17, 15) is 17.2 Å². The van der Waals surface area contributed by atoms with Gasteiger partial charge in [0.15, 0.2) is 0 Å². The molecule has 1 aromatic rings. The maximum Gasteiger partial charge on any atom is 0.301 e. The highest BCUT2D eigenvalue weighted by molar-refractivity contribution is 7.90. The van der Waals surface area contributed by atoms with Crippen LogP contribution in [0.4, 0.5) is 14.5 Å². The van der Waals surface area contributed by atoms with Crippen LogP contribution < -0.4 is 4.72 Å². The molecule has 8 heteroatoms. The maximum atomic E-state index is 13.0. The standard InChI is InChI=1S/C12H16F2N2O3S/c13-10-5-11(14)7-12(6-10)15-20(18,19)16-3-1-9(8-17)2-4-16/h5-7,9,15,17H,1-4,8H2. The Labute approximate surface area is 116 Å². The third kappa shape index (κ3) is 3.65. The van der Waals surface area contributed by atoms with Gasteiger partial charge in [-0.1, -0.05) is 0 Å². The first-order chi connectivity index (χ1) is 9.40. The van der Waals surface area contributed by atoms with E-state index in [0.717, 1.165) is 12.1 Å². The molecular formula is C12H16F2N2O3S. The summed E-state index contributed by atoms with van der Waals surface area (Å²) >= 11 is 0. The molecule has 2 rings (SSSR count). The molecule has 1 heterocycles. The number of rotatable bonds is 4. The molecule has 20 heavy (non-hydrogen) atoms. The quantitative estimate of drug-likeness (QED) is 0.881. The van der Waals surface area contributed by atoms with Crippen LogP contribution in [0.3, 0.4) is 0 Å². The molecule has 0 aromatic heterocycles. The molecule has 0 amide bonds. The lowest BCUT2D eigenvalue weighted by Crippen LogP contribution is -2.42. The number of halogens is 2. The minimum atomic E-state index is -3.83. The van der Waals surface area contributed by atoms with Crippen molar-refractivity contribution in [3.05, 3.63) is 29.8 Å². The Morgan fingerprint density at radius 1 is 1.20 bits per heavy atom. The first-order valence-corrected chi connectivity index (χ1v) is 7.69. The second-order valence-electron chi connectivity index (χ2n) is 4.79. The highest BCUT2D eigenvalue weighted by Gasteiger charge is 2.27. The number of aliphatic hydroxyl groups excluding tert-OH is 1. The van der Waals surface area contributed by atoms with Gasteiger partial charge in [0, 0.05) is 25.8 Å². The molecule has 0 unspecified atom stereocenters. The molecule has 5 nitrogen and oxygen atoms in total. The Morgan fingerprint density at radius 2 is 1.75 bits per heavy atom. The van der Waals surface area contributed by atoms with Crippen molar-refractivity contribution < 1.29 is 22.3 Å². The SMILES string of the molecule is O=S(=O)(Nc1cc(F)cc(F)c1)N1CCC(CO)CC1. The van der Waals surface area contributed by atoms with Gasteiger partial charge in [0.1, 0.15) is 11.6 Å². The molecule has 112 valence electrons. The molecule has 0 spiro atoms. The van der Waals surface area contributed by atoms with Gasteiger partial charge in [-0.05, 0) is 30.9 Å². The van der Waals surface area contributed by atoms with Gasteiger partial charge in [-0.2, -0.15) is 12.7 Å². The third-order valence-corrected chi connectivity index (χ3v) is 4.82. The molecule has 0 aliphatic carbocycles. The van der Waals surface area contributed by atoms with Crippen LogP contribution in [0.5, 0.6) is 0 Å². The summed E-state index contributed by atoms with van der Waals surface area (Å²) in [6.07, 6.45) is 1.13. The van der Waals surface area contributed by atoms with Gasteiger partial charge in [-0.15, -0.1) is 0 Å². The maximum absolute atomic E-state index is 13.0. The average molecular weight is 306 g/mol. The van der Waals surface area contributed by atoms with E-state index in [0.29, 0.717) is 18.9 Å². The van der Waals surface area contributed by atoms with Crippen LogP contribution in [0, 0.1) is 17.6 Å². The number of nitrogens with one attached hydrogen (secondary N) is 1. The van der Waals surface area contributed by atoms with Crippen molar-refractivity contribution in [3.63, 3.8) is 0 Å². The van der Waals surface area contributed by atoms with Gasteiger partial charge >= 0.3 is 10.2 Å². The Balaban J connectivity index is 2.07. The van der Waals surface area contributed by atoms with Gasteiger partial charge in [0.2, 0.25) is 0 Å². The predicted molar refractivity (Wildman–Crippen MR) is 70.3 cm³/mol. The zero-order valence-electron chi connectivity index (χ0n) is 10.7. The van der Waals surface area contributed by atoms with Crippen LogP contribution in [-0.2, 0) is 10.2 Å². The number of aliphatic hydroxyl groups is 1. The smallest absolute Gasteiger partial charge is 0.301 e. The van der Waals surface area contributed by atoms with E-state index in [1.807, 2.05) is 0 Å². The second-order valence-corrected chi connectivity index (χ2v) is 6.46. The minimum Gasteiger partial charge on any atom is -0.396 e. The van der Waals surface area contributed by atoms with Gasteiger partial charge < -0.3 is 5.11 Å². The van der Waals surface area contributed by atoms with E-state index >= 15 is 0 Å². The van der Waals surface area contributed by atoms with E-state index in [1.54, 1.807) is 0 Å². The van der Waals surface area contributed by atoms with E-state index < -0.39 is 21.8 Å². The van der Waals surface area contributed by atoms with Crippen molar-refractivity contribution in [1.82, 2.24) is 4.31 Å². The summed E-state index contributed by atoms with van der Waals surface area (Å²) in [5.74, 6) is -1.59. The third-order valence-electron chi connectivity index (χ3n) is 3.28. The van der Waals surface area contributed by atoms with Crippen molar-refractivity contribution in [3.8, 4) is 0 Å². The summed E-state index contributed by atoms with van der Waals surface area (Å²) in [6.45, 7) is 0.590. The van der Waals surface area contributed by atoms with Crippen LogP contribution in [-0.4, -0.2) is 37.5 Å². The Hall–Kier alpha value is -1.25. The van der Waals surface area contributed by atoms with Gasteiger partial charge in [0.05, 0.1) is 5.69 Å². The molecule has 1 aliphatic heterocycles. The summed E-state index contributed by atoms with van der Waals surface area (Å²) in [6, 6.07) is 2.51. The van der Waals surface area contributed by atoms with E-state index in [-0.39, 0.29) is 31.3 Å². The number of piperidine rings is 1. The molecule has 0 atom stereocenters. The fraction of sp³-hybridized carbons (Fsp3) is 0.500. The van der Waals surface area contributed by atoms with Crippen molar-refractivity contribution in [2.45, 2.75) is 12.8 Å². The normalized spacial score (nSPS) is 18.1. The van der Waals surface area contributed by atoms with E-state index in [2.05, 4.69) is 4.72 Å². The number of hydrogen-bond acceptors (Lipinski definition) is 3. The zero-order chi connectivity index (χ0) is 14.8. The van der Waals surface area contributed by atoms with Crippen LogP contribution in [0.1, 0.15) is 12.8 Å². The van der Waals surface area contributed by atoms with Crippen molar-refractivity contribution >= 4 is 15.9 Å². The van der Waals surface area contributed by atoms with Crippen molar-refractivity contribution in [2.75, 3.05) is 24.4 Å². The largest absolute Gasteiger partial charge is 0.396 e. The second kappa shape index (κ2) is 6.02. The molecule has 0 radical (unpaired) electrons. The van der Waals surface area contributed by atoms with Crippen molar-refractivity contribution in [1.29, 1.82) is 0 Å². The van der Waals surface area contributed by atoms with E-state index in [4.69, 9.17) is 5.11 Å². The van der Waals surface area contributed by atoms with Crippen LogP contribution in [0.15, 0.2) is 18.2 Å². The first kappa shape index (κ1) is 15.1. The van der Waals surface area contributed by atoms with Gasteiger partial charge in [-0.25, -0.2) is 8.78 Å². The average Bonchev–Trinajstić information content (AvgIpc) is 2.37. The highest BCUT2D eigenvalue weighted by Crippen LogP contribution is 2.21. The summed E-state index contributed by atoms with van der Waals surface area (Å²) in [7, 11) is -3.83. The lowest BCUT2D eigenvalue weighted by molar-refractivity contribution is 0.170. The summed E-state index contributed by atoms with van der Waals surface area (Å²) < 4.78 is 53.6. The highest BCUT2D eigenvalue weighted by atomic mass is 32.2. The van der Waals surface area contributed by atoms with Crippen LogP contribution in [0.2, 0.25) is 0 Å². The molecular weight excluding hydrogens is 290 g/mol. The molecule has 2 N–H and O–H groups in total. The Kier molecular flexibility index (Phi) is 4.56. The number of nitrogens with zero attached hydrogens (tertiary/aromatic N) is 1. The first-order valence-electron chi connectivity index (χ1n) is 6.25. The summed E-state index contributed by atoms with van der Waals surface area (Å²) in [4.78, 5) is 0. The molecule has 1 aliphatic rings. The number of hydrogen-bond donors (Lipinski definition) is 2. The summed E-state index contributed by atoms with van der Waals surface area (Å²) in [5.41, 5.74) is -0.146. The fourth-order valence-electron chi connectivity index (χ4n) is 2.16. The lowest BCUT2D eigenvalue weighted by Gasteiger charge is -2.30. The monoisotopic (exact) mass is 306 g/mol. The van der Waals surface area contributed by atoms with Gasteiger partial charge in [0.25, 0.3) is 0 Å². The Morgan fingerprint density at radius 3 is 2.25 bits per heavy atom. The topological polar surface area (TPSA) is 69.6 Å². The van der Waals surface area contributed by atoms with E-state index in [1.165, 1.54) is 4.31 Å². The molecule has 0 saturated carbocycles. The van der Waals surface area contributed by atoms with Crippen LogP contribution in [0.25, 0.3) is 0 Å². The number of benzene rings is 1. The fourth-order valence-corrected chi connectivity index (χ4v) is 3.39. The van der Waals surface area contributed by atoms with Crippen LogP contribution >= 0.6 is 0 Å². The molecule has 1 aromatic carbocycles. The number of anilines is 1. The molecule has 1 fully saturated rings. The Bertz CT molecular complexity index is 552. The predicted octanol–water partition coefficient (Wildman–Crippen LogP) is 1.33. The molecule has 1 saturated heterocycles. The zero-order valence-corrected chi connectivity index (χ0v) is 11.5. The lowest BCUT2D eigenvalue weighted by atomic mass is 10.00. The summed E-state index contributed by atoms with van der Waals surface area (Å²) in [5, 5.41) is 9.01. The van der Waals surface area contributed by atoms with Crippen molar-refractivity contribution in [2.24, 2.45) is 5.92 Å². The molecule has 0 bridgehead atoms. The minimum absolute atomic E-state index is 0.0381. The van der Waals surface area contributed by atoms with Gasteiger partial charge in [-0.3, -0.25) is 4.72 Å².